The van der Waals surface area contributed by atoms with Crippen LogP contribution in [-0.2, 0) is 0 Å². The molecule has 2 atom stereocenters. The maximum Gasteiger partial charge on any atom is 0.264 e. The van der Waals surface area contributed by atoms with Crippen LogP contribution >= 0.6 is 11.3 Å². The molecule has 144 valence electrons. The lowest BCUT2D eigenvalue weighted by molar-refractivity contribution is 0.0787. The van der Waals surface area contributed by atoms with Gasteiger partial charge in [-0.3, -0.25) is 14.7 Å². The number of aryl methyl sites for hydroxylation is 2. The second-order valence-electron chi connectivity index (χ2n) is 6.95. The van der Waals surface area contributed by atoms with Crippen molar-refractivity contribution >= 4 is 23.2 Å². The summed E-state index contributed by atoms with van der Waals surface area (Å²) in [6.07, 6.45) is 0. The Morgan fingerprint density at radius 3 is 2.57 bits per heavy atom. The van der Waals surface area contributed by atoms with Crippen LogP contribution in [0.2, 0.25) is 0 Å². The Morgan fingerprint density at radius 2 is 1.93 bits per heavy atom. The van der Waals surface area contributed by atoms with Gasteiger partial charge in [-0.2, -0.15) is 5.10 Å². The van der Waals surface area contributed by atoms with E-state index in [4.69, 9.17) is 0 Å². The van der Waals surface area contributed by atoms with Crippen LogP contribution in [0.3, 0.4) is 0 Å². The van der Waals surface area contributed by atoms with Crippen LogP contribution in [0.1, 0.15) is 42.5 Å². The molecular formula is C20H21N5O2S. The van der Waals surface area contributed by atoms with E-state index in [-0.39, 0.29) is 23.8 Å². The zero-order chi connectivity index (χ0) is 19.7. The fourth-order valence-electron chi connectivity index (χ4n) is 3.45. The van der Waals surface area contributed by atoms with Crippen molar-refractivity contribution in [1.29, 1.82) is 0 Å². The van der Waals surface area contributed by atoms with E-state index in [0.29, 0.717) is 35.2 Å². The summed E-state index contributed by atoms with van der Waals surface area (Å²) in [7, 11) is 0. The predicted octanol–water partition coefficient (Wildman–Crippen LogP) is 2.52. The van der Waals surface area contributed by atoms with Gasteiger partial charge in [-0.25, -0.2) is 4.98 Å². The Labute approximate surface area is 166 Å². The van der Waals surface area contributed by atoms with Gasteiger partial charge in [0, 0.05) is 23.5 Å². The molecule has 8 heteroatoms. The van der Waals surface area contributed by atoms with Crippen LogP contribution < -0.4 is 5.32 Å². The van der Waals surface area contributed by atoms with Gasteiger partial charge >= 0.3 is 0 Å². The number of rotatable bonds is 4. The van der Waals surface area contributed by atoms with E-state index in [2.05, 4.69) is 20.5 Å². The van der Waals surface area contributed by atoms with Crippen LogP contribution in [-0.4, -0.2) is 51.0 Å². The Hall–Kier alpha value is -3.00. The van der Waals surface area contributed by atoms with E-state index in [1.165, 1.54) is 11.3 Å². The van der Waals surface area contributed by atoms with E-state index < -0.39 is 0 Å². The second-order valence-corrected chi connectivity index (χ2v) is 8.24. The lowest BCUT2D eigenvalue weighted by Gasteiger charge is -2.17. The van der Waals surface area contributed by atoms with Crippen LogP contribution in [0.4, 0.5) is 0 Å². The van der Waals surface area contributed by atoms with Crippen molar-refractivity contribution in [3.8, 4) is 0 Å². The lowest BCUT2D eigenvalue weighted by Crippen LogP contribution is -2.40. The Kier molecular flexibility index (Phi) is 4.95. The first-order valence-corrected chi connectivity index (χ1v) is 9.93. The van der Waals surface area contributed by atoms with Crippen molar-refractivity contribution in [2.24, 2.45) is 0 Å². The molecule has 0 aliphatic carbocycles. The molecular weight excluding hydrogens is 374 g/mol. The third-order valence-electron chi connectivity index (χ3n) is 4.86. The number of aromatic nitrogens is 3. The minimum absolute atomic E-state index is 0.0215. The maximum atomic E-state index is 12.9. The summed E-state index contributed by atoms with van der Waals surface area (Å²) in [6.45, 7) is 4.70. The molecule has 1 aliphatic rings. The van der Waals surface area contributed by atoms with E-state index in [1.807, 2.05) is 44.2 Å². The number of thiophene rings is 1. The first-order chi connectivity index (χ1) is 13.5. The number of benzene rings is 1. The molecule has 0 spiro atoms. The lowest BCUT2D eigenvalue weighted by atomic mass is 10.0. The summed E-state index contributed by atoms with van der Waals surface area (Å²) in [5.74, 6) is 0.980. The first kappa shape index (κ1) is 18.4. The molecule has 3 heterocycles. The number of likely N-dealkylation sites (tertiary alicyclic amines) is 1. The van der Waals surface area contributed by atoms with E-state index in [1.54, 1.807) is 17.0 Å². The third-order valence-corrected chi connectivity index (χ3v) is 5.85. The number of nitrogens with zero attached hydrogens (tertiary/aromatic N) is 3. The van der Waals surface area contributed by atoms with Crippen LogP contribution in [0, 0.1) is 13.8 Å². The molecule has 1 aliphatic heterocycles. The minimum Gasteiger partial charge on any atom is -0.347 e. The van der Waals surface area contributed by atoms with E-state index in [9.17, 15) is 9.59 Å². The number of aromatic amines is 1. The van der Waals surface area contributed by atoms with Gasteiger partial charge in [0.05, 0.1) is 16.8 Å². The molecule has 3 aromatic rings. The fourth-order valence-corrected chi connectivity index (χ4v) is 4.29. The molecule has 1 fully saturated rings. The Balaban J connectivity index is 1.56. The molecule has 28 heavy (non-hydrogen) atoms. The molecule has 7 nitrogen and oxygen atoms in total. The molecule has 0 saturated carbocycles. The highest BCUT2D eigenvalue weighted by atomic mass is 32.1. The summed E-state index contributed by atoms with van der Waals surface area (Å²) >= 11 is 1.48. The van der Waals surface area contributed by atoms with Gasteiger partial charge in [0.25, 0.3) is 11.8 Å². The average molecular weight is 395 g/mol. The number of H-pyrrole nitrogens is 1. The Morgan fingerprint density at radius 1 is 1.14 bits per heavy atom. The zero-order valence-electron chi connectivity index (χ0n) is 15.7. The Bertz CT molecular complexity index is 997. The second kappa shape index (κ2) is 7.55. The monoisotopic (exact) mass is 395 g/mol. The number of hydrogen-bond acceptors (Lipinski definition) is 5. The van der Waals surface area contributed by atoms with Crippen molar-refractivity contribution in [2.75, 3.05) is 13.1 Å². The largest absolute Gasteiger partial charge is 0.347 e. The molecule has 2 aromatic heterocycles. The van der Waals surface area contributed by atoms with Gasteiger partial charge in [0.15, 0.2) is 5.82 Å². The number of nitrogens with one attached hydrogen (secondary N) is 2. The summed E-state index contributed by atoms with van der Waals surface area (Å²) < 4.78 is 0. The molecule has 0 unspecified atom stereocenters. The predicted molar refractivity (Wildman–Crippen MR) is 107 cm³/mol. The molecule has 2 N–H and O–H groups in total. The van der Waals surface area contributed by atoms with Crippen molar-refractivity contribution in [3.05, 3.63) is 69.4 Å². The normalized spacial score (nSPS) is 19.0. The van der Waals surface area contributed by atoms with Crippen LogP contribution in [0.25, 0.3) is 0 Å². The van der Waals surface area contributed by atoms with Gasteiger partial charge in [-0.1, -0.05) is 18.2 Å². The standard InChI is InChI=1S/C20H21N5O2S/c1-12-8-9-17(28-12)20(27)25-10-15(18-21-13(2)23-24-18)16(11-25)22-19(26)14-6-4-3-5-7-14/h3-9,15-16H,10-11H2,1-2H3,(H,22,26)(H,21,23,24)/t15-,16-/m1/s1. The SMILES string of the molecule is Cc1nc([C@@H]2CN(C(=O)c3ccc(C)s3)C[C@H]2NC(=O)c2ccccc2)n[nH]1. The fraction of sp³-hybridized carbons (Fsp3) is 0.300. The van der Waals surface area contributed by atoms with Crippen molar-refractivity contribution in [1.82, 2.24) is 25.4 Å². The van der Waals surface area contributed by atoms with Crippen molar-refractivity contribution in [3.63, 3.8) is 0 Å². The van der Waals surface area contributed by atoms with Gasteiger partial charge in [0.1, 0.15) is 5.82 Å². The van der Waals surface area contributed by atoms with Gasteiger partial charge in [-0.15, -0.1) is 11.3 Å². The molecule has 0 radical (unpaired) electrons. The summed E-state index contributed by atoms with van der Waals surface area (Å²) in [6, 6.07) is 12.6. The smallest absolute Gasteiger partial charge is 0.264 e. The number of hydrogen-bond donors (Lipinski definition) is 2. The van der Waals surface area contributed by atoms with E-state index >= 15 is 0 Å². The highest BCUT2D eigenvalue weighted by molar-refractivity contribution is 7.13. The third kappa shape index (κ3) is 3.68. The number of amides is 2. The van der Waals surface area contributed by atoms with Gasteiger partial charge < -0.3 is 10.2 Å². The zero-order valence-corrected chi connectivity index (χ0v) is 16.5. The first-order valence-electron chi connectivity index (χ1n) is 9.12. The molecule has 1 aromatic carbocycles. The molecule has 1 saturated heterocycles. The van der Waals surface area contributed by atoms with E-state index in [0.717, 1.165) is 4.88 Å². The summed E-state index contributed by atoms with van der Waals surface area (Å²) in [4.78, 5) is 33.6. The van der Waals surface area contributed by atoms with Gasteiger partial charge in [-0.05, 0) is 38.1 Å². The molecule has 0 bridgehead atoms. The average Bonchev–Trinajstić information content (AvgIpc) is 3.42. The van der Waals surface area contributed by atoms with Crippen LogP contribution in [0.15, 0.2) is 42.5 Å². The quantitative estimate of drug-likeness (QED) is 0.710. The van der Waals surface area contributed by atoms with Crippen LogP contribution in [0.5, 0.6) is 0 Å². The summed E-state index contributed by atoms with van der Waals surface area (Å²) in [5, 5.41) is 10.2. The number of carbonyl (C=O) groups is 2. The highest BCUT2D eigenvalue weighted by Crippen LogP contribution is 2.28. The molecule has 2 amide bonds. The number of carbonyl (C=O) groups excluding carboxylic acids is 2. The van der Waals surface area contributed by atoms with Crippen molar-refractivity contribution in [2.45, 2.75) is 25.8 Å². The highest BCUT2D eigenvalue weighted by Gasteiger charge is 2.39. The maximum absolute atomic E-state index is 12.9. The topological polar surface area (TPSA) is 91.0 Å². The van der Waals surface area contributed by atoms with Gasteiger partial charge in [0.2, 0.25) is 0 Å². The van der Waals surface area contributed by atoms with Crippen molar-refractivity contribution < 1.29 is 9.59 Å². The molecule has 4 rings (SSSR count). The minimum atomic E-state index is -0.257. The summed E-state index contributed by atoms with van der Waals surface area (Å²) in [5.41, 5.74) is 0.589.